The summed E-state index contributed by atoms with van der Waals surface area (Å²) in [5.41, 5.74) is 0. The van der Waals surface area contributed by atoms with Gasteiger partial charge in [0, 0.05) is 12.6 Å². The number of piperazine rings is 1. The van der Waals surface area contributed by atoms with E-state index >= 15 is 0 Å². The van der Waals surface area contributed by atoms with Gasteiger partial charge in [-0.1, -0.05) is 26.2 Å². The van der Waals surface area contributed by atoms with Crippen LogP contribution in [0.4, 0.5) is 0 Å². The zero-order chi connectivity index (χ0) is 14.1. The molecule has 3 fully saturated rings. The lowest BCUT2D eigenvalue weighted by Gasteiger charge is -2.48. The number of hydrogen-bond donors (Lipinski definition) is 0. The molecule has 0 aromatic carbocycles. The van der Waals surface area contributed by atoms with Crippen molar-refractivity contribution in [1.29, 1.82) is 0 Å². The van der Waals surface area contributed by atoms with Crippen LogP contribution in [0.25, 0.3) is 0 Å². The summed E-state index contributed by atoms with van der Waals surface area (Å²) in [6.45, 7) is 3.33. The molecule has 2 amide bonds. The van der Waals surface area contributed by atoms with Gasteiger partial charge in [0.05, 0.1) is 0 Å². The largest absolute Gasteiger partial charge is 0.329 e. The molecular weight excluding hydrogens is 252 g/mol. The first-order valence-electron chi connectivity index (χ1n) is 8.32. The number of rotatable bonds is 2. The molecular formula is C16H26N2O2. The third-order valence-electron chi connectivity index (χ3n) is 5.49. The quantitative estimate of drug-likeness (QED) is 0.777. The van der Waals surface area contributed by atoms with Gasteiger partial charge < -0.3 is 9.80 Å². The molecule has 2 aliphatic heterocycles. The summed E-state index contributed by atoms with van der Waals surface area (Å²) in [7, 11) is 0. The van der Waals surface area contributed by atoms with E-state index in [2.05, 4.69) is 6.92 Å². The molecule has 0 aromatic heterocycles. The Hall–Kier alpha value is -1.06. The van der Waals surface area contributed by atoms with Crippen LogP contribution in [0.3, 0.4) is 0 Å². The first-order valence-corrected chi connectivity index (χ1v) is 8.32. The highest BCUT2D eigenvalue weighted by molar-refractivity contribution is 5.95. The van der Waals surface area contributed by atoms with Crippen LogP contribution < -0.4 is 0 Å². The lowest BCUT2D eigenvalue weighted by Crippen LogP contribution is -2.64. The second kappa shape index (κ2) is 5.74. The van der Waals surface area contributed by atoms with E-state index < -0.39 is 0 Å². The van der Waals surface area contributed by atoms with Crippen molar-refractivity contribution in [2.75, 3.05) is 13.1 Å². The summed E-state index contributed by atoms with van der Waals surface area (Å²) in [6, 6.07) is 0.165. The molecule has 112 valence electrons. The van der Waals surface area contributed by atoms with Crippen molar-refractivity contribution in [3.8, 4) is 0 Å². The Morgan fingerprint density at radius 1 is 1.00 bits per heavy atom. The molecule has 4 heteroatoms. The van der Waals surface area contributed by atoms with Crippen molar-refractivity contribution in [1.82, 2.24) is 9.80 Å². The first-order chi connectivity index (χ1) is 9.72. The van der Waals surface area contributed by atoms with Gasteiger partial charge in [0.15, 0.2) is 0 Å². The van der Waals surface area contributed by atoms with Gasteiger partial charge in [0.1, 0.15) is 12.6 Å². The summed E-state index contributed by atoms with van der Waals surface area (Å²) in [5, 5.41) is 0. The van der Waals surface area contributed by atoms with Gasteiger partial charge in [-0.3, -0.25) is 9.59 Å². The van der Waals surface area contributed by atoms with E-state index in [1.807, 2.05) is 9.80 Å². The van der Waals surface area contributed by atoms with Gasteiger partial charge >= 0.3 is 0 Å². The lowest BCUT2D eigenvalue weighted by molar-refractivity contribution is -0.161. The van der Waals surface area contributed by atoms with E-state index in [4.69, 9.17) is 0 Å². The van der Waals surface area contributed by atoms with Gasteiger partial charge in [-0.25, -0.2) is 0 Å². The fourth-order valence-corrected chi connectivity index (χ4v) is 4.35. The number of carbonyl (C=O) groups excluding carboxylic acids is 2. The Balaban J connectivity index is 1.79. The molecule has 3 unspecified atom stereocenters. The van der Waals surface area contributed by atoms with Crippen molar-refractivity contribution < 1.29 is 9.59 Å². The van der Waals surface area contributed by atoms with Gasteiger partial charge in [-0.05, 0) is 38.0 Å². The SMILES string of the molecule is CCC1CCCCC1N1CC(=O)N2CCCCC2C1=O. The molecule has 0 N–H and O–H groups in total. The summed E-state index contributed by atoms with van der Waals surface area (Å²) in [5.74, 6) is 1.00. The van der Waals surface area contributed by atoms with E-state index in [1.165, 1.54) is 19.3 Å². The minimum absolute atomic E-state index is 0.149. The number of nitrogens with zero attached hydrogens (tertiary/aromatic N) is 2. The van der Waals surface area contributed by atoms with E-state index in [0.29, 0.717) is 18.5 Å². The molecule has 2 saturated heterocycles. The van der Waals surface area contributed by atoms with Crippen molar-refractivity contribution in [3.05, 3.63) is 0 Å². The maximum absolute atomic E-state index is 12.8. The molecule has 0 aromatic rings. The predicted molar refractivity (Wildman–Crippen MR) is 77.1 cm³/mol. The molecule has 0 spiro atoms. The number of hydrogen-bond acceptors (Lipinski definition) is 2. The lowest BCUT2D eigenvalue weighted by atomic mass is 9.81. The van der Waals surface area contributed by atoms with Crippen molar-refractivity contribution >= 4 is 11.8 Å². The zero-order valence-corrected chi connectivity index (χ0v) is 12.5. The summed E-state index contributed by atoms with van der Waals surface area (Å²) < 4.78 is 0. The van der Waals surface area contributed by atoms with Gasteiger partial charge in [0.2, 0.25) is 11.8 Å². The normalized spacial score (nSPS) is 35.1. The fourth-order valence-electron chi connectivity index (χ4n) is 4.35. The molecule has 1 saturated carbocycles. The van der Waals surface area contributed by atoms with Crippen LogP contribution >= 0.6 is 0 Å². The van der Waals surface area contributed by atoms with E-state index in [1.54, 1.807) is 0 Å². The van der Waals surface area contributed by atoms with Crippen LogP contribution in [0.1, 0.15) is 58.3 Å². The molecule has 2 heterocycles. The van der Waals surface area contributed by atoms with Gasteiger partial charge in [-0.15, -0.1) is 0 Å². The van der Waals surface area contributed by atoms with Crippen LogP contribution in [0.15, 0.2) is 0 Å². The highest BCUT2D eigenvalue weighted by Crippen LogP contribution is 2.33. The second-order valence-corrected chi connectivity index (χ2v) is 6.58. The van der Waals surface area contributed by atoms with Crippen LogP contribution in [0.5, 0.6) is 0 Å². The molecule has 1 aliphatic carbocycles. The van der Waals surface area contributed by atoms with Crippen LogP contribution in [0, 0.1) is 5.92 Å². The molecule has 20 heavy (non-hydrogen) atoms. The second-order valence-electron chi connectivity index (χ2n) is 6.58. The zero-order valence-electron chi connectivity index (χ0n) is 12.5. The Morgan fingerprint density at radius 2 is 1.75 bits per heavy atom. The third-order valence-corrected chi connectivity index (χ3v) is 5.49. The minimum atomic E-state index is -0.149. The maximum atomic E-state index is 12.8. The van der Waals surface area contributed by atoms with Gasteiger partial charge in [0.25, 0.3) is 0 Å². The number of piperidine rings is 1. The topological polar surface area (TPSA) is 40.6 Å². The van der Waals surface area contributed by atoms with Crippen LogP contribution in [-0.2, 0) is 9.59 Å². The summed E-state index contributed by atoms with van der Waals surface area (Å²) >= 11 is 0. The standard InChI is InChI=1S/C16H26N2O2/c1-2-12-7-3-4-8-13(12)18-11-15(19)17-10-6-5-9-14(17)16(18)20/h12-14H,2-11H2,1H3. The monoisotopic (exact) mass is 278 g/mol. The third kappa shape index (κ3) is 2.33. The van der Waals surface area contributed by atoms with Crippen molar-refractivity contribution in [2.24, 2.45) is 5.92 Å². The smallest absolute Gasteiger partial charge is 0.246 e. The molecule has 3 aliphatic rings. The minimum Gasteiger partial charge on any atom is -0.329 e. The van der Waals surface area contributed by atoms with E-state index in [-0.39, 0.29) is 17.9 Å². The van der Waals surface area contributed by atoms with E-state index in [9.17, 15) is 9.59 Å². The molecule has 0 bridgehead atoms. The average molecular weight is 278 g/mol. The Morgan fingerprint density at radius 3 is 2.55 bits per heavy atom. The highest BCUT2D eigenvalue weighted by Gasteiger charge is 2.44. The van der Waals surface area contributed by atoms with Gasteiger partial charge in [-0.2, -0.15) is 0 Å². The molecule has 4 nitrogen and oxygen atoms in total. The highest BCUT2D eigenvalue weighted by atomic mass is 16.2. The van der Waals surface area contributed by atoms with Crippen molar-refractivity contribution in [3.63, 3.8) is 0 Å². The Bertz CT molecular complexity index is 396. The van der Waals surface area contributed by atoms with Crippen LogP contribution in [-0.4, -0.2) is 46.8 Å². The number of carbonyl (C=O) groups is 2. The number of fused-ring (bicyclic) bond motifs is 1. The maximum Gasteiger partial charge on any atom is 0.246 e. The van der Waals surface area contributed by atoms with E-state index in [0.717, 1.165) is 38.6 Å². The fraction of sp³-hybridized carbons (Fsp3) is 0.875. The summed E-state index contributed by atoms with van der Waals surface area (Å²) in [6.07, 6.45) is 8.90. The Labute approximate surface area is 121 Å². The number of amides is 2. The first kappa shape index (κ1) is 13.9. The predicted octanol–water partition coefficient (Wildman–Crippen LogP) is 2.18. The molecule has 0 radical (unpaired) electrons. The molecule has 3 rings (SSSR count). The molecule has 3 atom stereocenters. The Kier molecular flexibility index (Phi) is 3.99. The average Bonchev–Trinajstić information content (AvgIpc) is 2.51. The summed E-state index contributed by atoms with van der Waals surface area (Å²) in [4.78, 5) is 28.9. The van der Waals surface area contributed by atoms with Crippen LogP contribution in [0.2, 0.25) is 0 Å². The van der Waals surface area contributed by atoms with Crippen molar-refractivity contribution in [2.45, 2.75) is 70.4 Å².